The Morgan fingerprint density at radius 2 is 1.41 bits per heavy atom. The van der Waals surface area contributed by atoms with Crippen molar-refractivity contribution in [2.24, 2.45) is 0 Å². The summed E-state index contributed by atoms with van der Waals surface area (Å²) < 4.78 is 2.10. The highest BCUT2D eigenvalue weighted by Crippen LogP contribution is 2.28. The number of hydrogen-bond donors (Lipinski definition) is 1. The molecule has 0 aliphatic carbocycles. The minimum absolute atomic E-state index is 0.0554. The van der Waals surface area contributed by atoms with Crippen LogP contribution in [0.2, 0.25) is 0 Å². The van der Waals surface area contributed by atoms with E-state index in [4.69, 9.17) is 4.98 Å². The molecule has 0 atom stereocenters. The van der Waals surface area contributed by atoms with Crippen molar-refractivity contribution in [3.63, 3.8) is 0 Å². The molecule has 172 valence electrons. The molecule has 4 aromatic rings. The van der Waals surface area contributed by atoms with Crippen LogP contribution < -0.4 is 5.32 Å². The number of piperazine rings is 1. The standard InChI is InChI=1S/C26H25N5O2S/c32-24(29-15-17-30(18-16-29)25(33)27-20-9-3-1-4-10-20)19-34-26-28-22-13-7-8-14-23(22)31(26)21-11-5-2-6-12-21/h1-14H,15-19H2,(H,27,33). The highest BCUT2D eigenvalue weighted by atomic mass is 32.2. The molecule has 34 heavy (non-hydrogen) atoms. The zero-order valence-electron chi connectivity index (χ0n) is 18.6. The molecule has 1 aromatic heterocycles. The van der Waals surface area contributed by atoms with E-state index in [1.165, 1.54) is 11.8 Å². The molecule has 0 spiro atoms. The van der Waals surface area contributed by atoms with E-state index < -0.39 is 0 Å². The second-order valence-corrected chi connectivity index (χ2v) is 8.95. The Labute approximate surface area is 202 Å². The van der Waals surface area contributed by atoms with Crippen molar-refractivity contribution in [1.29, 1.82) is 0 Å². The first-order valence-corrected chi connectivity index (χ1v) is 12.2. The molecular formula is C26H25N5O2S. The summed E-state index contributed by atoms with van der Waals surface area (Å²) in [5.74, 6) is 0.353. The number of anilines is 1. The lowest BCUT2D eigenvalue weighted by molar-refractivity contribution is -0.129. The molecule has 1 fully saturated rings. The van der Waals surface area contributed by atoms with Crippen LogP contribution in [-0.2, 0) is 4.79 Å². The highest BCUT2D eigenvalue weighted by Gasteiger charge is 2.25. The fraction of sp³-hybridized carbons (Fsp3) is 0.192. The molecule has 5 rings (SSSR count). The Kier molecular flexibility index (Phi) is 6.49. The molecular weight excluding hydrogens is 446 g/mol. The molecule has 0 unspecified atom stereocenters. The van der Waals surface area contributed by atoms with E-state index in [1.807, 2.05) is 89.8 Å². The first kappa shape index (κ1) is 22.0. The van der Waals surface area contributed by atoms with Gasteiger partial charge in [0.1, 0.15) is 0 Å². The van der Waals surface area contributed by atoms with Gasteiger partial charge in [-0.2, -0.15) is 0 Å². The van der Waals surface area contributed by atoms with E-state index in [9.17, 15) is 9.59 Å². The Morgan fingerprint density at radius 1 is 0.794 bits per heavy atom. The van der Waals surface area contributed by atoms with E-state index in [-0.39, 0.29) is 11.9 Å². The molecule has 0 saturated carbocycles. The van der Waals surface area contributed by atoms with Gasteiger partial charge in [-0.05, 0) is 36.4 Å². The van der Waals surface area contributed by atoms with Crippen LogP contribution in [0.25, 0.3) is 16.7 Å². The average molecular weight is 472 g/mol. The summed E-state index contributed by atoms with van der Waals surface area (Å²) in [5.41, 5.74) is 3.70. The molecule has 1 aliphatic rings. The minimum Gasteiger partial charge on any atom is -0.338 e. The van der Waals surface area contributed by atoms with Gasteiger partial charge in [0, 0.05) is 37.6 Å². The van der Waals surface area contributed by atoms with Crippen molar-refractivity contribution in [3.8, 4) is 5.69 Å². The maximum absolute atomic E-state index is 13.0. The number of imidazole rings is 1. The van der Waals surface area contributed by atoms with Gasteiger partial charge in [0.05, 0.1) is 16.8 Å². The van der Waals surface area contributed by atoms with Gasteiger partial charge < -0.3 is 15.1 Å². The van der Waals surface area contributed by atoms with E-state index in [2.05, 4.69) is 9.88 Å². The predicted octanol–water partition coefficient (Wildman–Crippen LogP) is 4.49. The maximum Gasteiger partial charge on any atom is 0.321 e. The number of fused-ring (bicyclic) bond motifs is 1. The fourth-order valence-corrected chi connectivity index (χ4v) is 4.96. The number of rotatable bonds is 5. The summed E-state index contributed by atoms with van der Waals surface area (Å²) in [4.78, 5) is 33.8. The van der Waals surface area contributed by atoms with Crippen LogP contribution in [0.3, 0.4) is 0 Å². The van der Waals surface area contributed by atoms with Gasteiger partial charge in [-0.15, -0.1) is 0 Å². The number of urea groups is 1. The monoisotopic (exact) mass is 471 g/mol. The lowest BCUT2D eigenvalue weighted by atomic mass is 10.3. The summed E-state index contributed by atoms with van der Waals surface area (Å²) in [6, 6.07) is 27.3. The Bertz CT molecular complexity index is 1280. The number of nitrogens with one attached hydrogen (secondary N) is 1. The van der Waals surface area contributed by atoms with Crippen LogP contribution in [0.1, 0.15) is 0 Å². The molecule has 0 bridgehead atoms. The summed E-state index contributed by atoms with van der Waals surface area (Å²) in [6.45, 7) is 2.07. The molecule has 8 heteroatoms. The van der Waals surface area contributed by atoms with Crippen molar-refractivity contribution < 1.29 is 9.59 Å². The van der Waals surface area contributed by atoms with E-state index in [0.717, 1.165) is 27.6 Å². The maximum atomic E-state index is 13.0. The summed E-state index contributed by atoms with van der Waals surface area (Å²) in [6.07, 6.45) is 0. The number of nitrogens with zero attached hydrogens (tertiary/aromatic N) is 4. The number of carbonyl (C=O) groups excluding carboxylic acids is 2. The average Bonchev–Trinajstić information content (AvgIpc) is 3.27. The largest absolute Gasteiger partial charge is 0.338 e. The number of para-hydroxylation sites is 4. The summed E-state index contributed by atoms with van der Waals surface area (Å²) in [7, 11) is 0. The zero-order chi connectivity index (χ0) is 23.3. The van der Waals surface area contributed by atoms with Gasteiger partial charge in [-0.1, -0.05) is 60.3 Å². The first-order chi connectivity index (χ1) is 16.7. The zero-order valence-corrected chi connectivity index (χ0v) is 19.4. The second kappa shape index (κ2) is 10.0. The number of benzene rings is 3. The van der Waals surface area contributed by atoms with E-state index in [1.54, 1.807) is 4.90 Å². The fourth-order valence-electron chi connectivity index (χ4n) is 4.03. The summed E-state index contributed by atoms with van der Waals surface area (Å²) in [5, 5.41) is 3.70. The Hall–Kier alpha value is -3.78. The van der Waals surface area contributed by atoms with Crippen LogP contribution in [0.4, 0.5) is 10.5 Å². The van der Waals surface area contributed by atoms with Gasteiger partial charge >= 0.3 is 6.03 Å². The van der Waals surface area contributed by atoms with Crippen molar-refractivity contribution in [1.82, 2.24) is 19.4 Å². The second-order valence-electron chi connectivity index (χ2n) is 8.01. The topological polar surface area (TPSA) is 70.5 Å². The molecule has 0 radical (unpaired) electrons. The van der Waals surface area contributed by atoms with E-state index in [0.29, 0.717) is 31.9 Å². The molecule has 1 saturated heterocycles. The Morgan fingerprint density at radius 3 is 2.15 bits per heavy atom. The number of hydrogen-bond acceptors (Lipinski definition) is 4. The van der Waals surface area contributed by atoms with Crippen LogP contribution in [0, 0.1) is 0 Å². The number of amides is 3. The highest BCUT2D eigenvalue weighted by molar-refractivity contribution is 7.99. The van der Waals surface area contributed by atoms with Crippen molar-refractivity contribution in [3.05, 3.63) is 84.9 Å². The van der Waals surface area contributed by atoms with Gasteiger partial charge in [-0.25, -0.2) is 9.78 Å². The number of aromatic nitrogens is 2. The molecule has 3 aromatic carbocycles. The number of thioether (sulfide) groups is 1. The third kappa shape index (κ3) is 4.77. The van der Waals surface area contributed by atoms with Crippen molar-refractivity contribution in [2.75, 3.05) is 37.2 Å². The van der Waals surface area contributed by atoms with Crippen molar-refractivity contribution >= 4 is 40.4 Å². The van der Waals surface area contributed by atoms with Crippen LogP contribution in [-0.4, -0.2) is 63.2 Å². The SMILES string of the molecule is O=C(CSc1nc2ccccc2n1-c1ccccc1)N1CCN(C(=O)Nc2ccccc2)CC1. The van der Waals surface area contributed by atoms with Gasteiger partial charge in [0.2, 0.25) is 5.91 Å². The van der Waals surface area contributed by atoms with Crippen LogP contribution in [0.15, 0.2) is 90.1 Å². The van der Waals surface area contributed by atoms with Crippen LogP contribution in [0.5, 0.6) is 0 Å². The van der Waals surface area contributed by atoms with Crippen molar-refractivity contribution in [2.45, 2.75) is 5.16 Å². The lowest BCUT2D eigenvalue weighted by Gasteiger charge is -2.34. The van der Waals surface area contributed by atoms with E-state index >= 15 is 0 Å². The van der Waals surface area contributed by atoms with Gasteiger partial charge in [0.25, 0.3) is 0 Å². The predicted molar refractivity (Wildman–Crippen MR) is 135 cm³/mol. The van der Waals surface area contributed by atoms with Gasteiger partial charge in [-0.3, -0.25) is 9.36 Å². The molecule has 2 heterocycles. The first-order valence-electron chi connectivity index (χ1n) is 11.2. The molecule has 1 N–H and O–H groups in total. The summed E-state index contributed by atoms with van der Waals surface area (Å²) >= 11 is 1.45. The van der Waals surface area contributed by atoms with Gasteiger partial charge in [0.15, 0.2) is 5.16 Å². The molecule has 3 amide bonds. The normalized spacial score (nSPS) is 13.8. The number of carbonyl (C=O) groups is 2. The third-order valence-electron chi connectivity index (χ3n) is 5.81. The Balaban J connectivity index is 1.21. The smallest absolute Gasteiger partial charge is 0.321 e. The molecule has 7 nitrogen and oxygen atoms in total. The molecule has 1 aliphatic heterocycles. The minimum atomic E-state index is -0.135. The lowest BCUT2D eigenvalue weighted by Crippen LogP contribution is -2.52. The third-order valence-corrected chi connectivity index (χ3v) is 6.74. The quantitative estimate of drug-likeness (QED) is 0.435. The van der Waals surface area contributed by atoms with Crippen LogP contribution >= 0.6 is 11.8 Å².